The van der Waals surface area contributed by atoms with E-state index in [4.69, 9.17) is 21.3 Å². The molecule has 1 aliphatic rings. The Morgan fingerprint density at radius 2 is 1.85 bits per heavy atom. The number of ether oxygens (including phenoxy) is 1. The number of carboxylic acids is 1. The van der Waals surface area contributed by atoms with Crippen LogP contribution >= 0.6 is 11.6 Å². The second kappa shape index (κ2) is 10.8. The molecule has 178 valence electrons. The Morgan fingerprint density at radius 3 is 2.45 bits per heavy atom. The van der Waals surface area contributed by atoms with Crippen molar-refractivity contribution >= 4 is 29.5 Å². The van der Waals surface area contributed by atoms with Crippen LogP contribution in [0.15, 0.2) is 36.7 Å². The zero-order valence-corrected chi connectivity index (χ0v) is 20.1. The van der Waals surface area contributed by atoms with Crippen molar-refractivity contribution in [2.45, 2.75) is 58.1 Å². The number of nitrogens with zero attached hydrogens (tertiary/aromatic N) is 4. The number of aliphatic carboxylic acids is 1. The molecule has 0 unspecified atom stereocenters. The topological polar surface area (TPSA) is 95.9 Å². The van der Waals surface area contributed by atoms with Crippen molar-refractivity contribution in [2.75, 3.05) is 24.5 Å². The second-order valence-corrected chi connectivity index (χ2v) is 9.67. The highest BCUT2D eigenvalue weighted by molar-refractivity contribution is 6.30. The summed E-state index contributed by atoms with van der Waals surface area (Å²) in [6.45, 7) is 7.58. The molecule has 1 aliphatic heterocycles. The minimum Gasteiger partial charge on any atom is -0.481 e. The zero-order valence-electron chi connectivity index (χ0n) is 19.3. The molecule has 8 nitrogen and oxygen atoms in total. The fourth-order valence-corrected chi connectivity index (χ4v) is 3.85. The molecule has 0 aliphatic carbocycles. The lowest BCUT2D eigenvalue weighted by molar-refractivity contribution is -0.136. The van der Waals surface area contributed by atoms with E-state index in [9.17, 15) is 14.7 Å². The number of halogens is 1. The maximum Gasteiger partial charge on any atom is 0.410 e. The van der Waals surface area contributed by atoms with E-state index in [0.29, 0.717) is 37.0 Å². The number of amides is 1. The van der Waals surface area contributed by atoms with Gasteiger partial charge in [-0.05, 0) is 51.3 Å². The molecule has 0 spiro atoms. The van der Waals surface area contributed by atoms with Gasteiger partial charge in [-0.3, -0.25) is 9.78 Å². The van der Waals surface area contributed by atoms with E-state index in [0.717, 1.165) is 24.1 Å². The number of hydrogen-bond donors (Lipinski definition) is 1. The van der Waals surface area contributed by atoms with Gasteiger partial charge in [0.05, 0.1) is 18.3 Å². The zero-order chi connectivity index (χ0) is 24.0. The van der Waals surface area contributed by atoms with Gasteiger partial charge in [0, 0.05) is 43.3 Å². The number of carbonyl (C=O) groups excluding carboxylic acids is 1. The molecular formula is C24H31ClN4O4. The second-order valence-electron chi connectivity index (χ2n) is 9.24. The van der Waals surface area contributed by atoms with E-state index in [1.807, 2.05) is 49.9 Å². The van der Waals surface area contributed by atoms with Gasteiger partial charge in [-0.1, -0.05) is 23.7 Å². The Hall–Kier alpha value is -2.87. The first kappa shape index (κ1) is 24.8. The summed E-state index contributed by atoms with van der Waals surface area (Å²) < 4.78 is 5.48. The smallest absolute Gasteiger partial charge is 0.410 e. The number of carbonyl (C=O) groups is 2. The maximum absolute atomic E-state index is 12.3. The van der Waals surface area contributed by atoms with Gasteiger partial charge in [0.2, 0.25) is 0 Å². The van der Waals surface area contributed by atoms with Crippen LogP contribution in [0.1, 0.15) is 57.2 Å². The van der Waals surface area contributed by atoms with Crippen molar-refractivity contribution in [1.82, 2.24) is 14.9 Å². The van der Waals surface area contributed by atoms with Crippen molar-refractivity contribution in [3.05, 3.63) is 52.9 Å². The van der Waals surface area contributed by atoms with Crippen LogP contribution in [-0.2, 0) is 16.1 Å². The van der Waals surface area contributed by atoms with Crippen LogP contribution in [0.4, 0.5) is 10.6 Å². The number of anilines is 1. The average molecular weight is 475 g/mol. The number of hydrogen-bond acceptors (Lipinski definition) is 6. The number of piperidine rings is 1. The first-order chi connectivity index (χ1) is 15.6. The lowest BCUT2D eigenvalue weighted by Gasteiger charge is -2.33. The van der Waals surface area contributed by atoms with Crippen LogP contribution < -0.4 is 4.90 Å². The summed E-state index contributed by atoms with van der Waals surface area (Å²) in [5, 5.41) is 9.84. The fraction of sp³-hybridized carbons (Fsp3) is 0.500. The maximum atomic E-state index is 12.3. The molecule has 0 atom stereocenters. The van der Waals surface area contributed by atoms with Crippen molar-refractivity contribution < 1.29 is 19.4 Å². The van der Waals surface area contributed by atoms with Crippen molar-refractivity contribution in [3.63, 3.8) is 0 Å². The van der Waals surface area contributed by atoms with E-state index >= 15 is 0 Å². The minimum atomic E-state index is -0.866. The predicted octanol–water partition coefficient (Wildman–Crippen LogP) is 4.73. The van der Waals surface area contributed by atoms with Gasteiger partial charge in [-0.15, -0.1) is 0 Å². The lowest BCUT2D eigenvalue weighted by atomic mass is 9.94. The van der Waals surface area contributed by atoms with Gasteiger partial charge in [-0.2, -0.15) is 0 Å². The Morgan fingerprint density at radius 1 is 1.18 bits per heavy atom. The SMILES string of the molecule is CC(C)(C)OC(=O)N1CCC(c2cncc(N(CCC(=O)O)Cc3ccc(Cl)cc3)n2)CC1. The number of likely N-dealkylation sites (tertiary alicyclic amines) is 1. The largest absolute Gasteiger partial charge is 0.481 e. The quantitative estimate of drug-likeness (QED) is 0.619. The molecule has 1 amide bonds. The van der Waals surface area contributed by atoms with E-state index in [1.165, 1.54) is 0 Å². The fourth-order valence-electron chi connectivity index (χ4n) is 3.72. The first-order valence-corrected chi connectivity index (χ1v) is 11.5. The van der Waals surface area contributed by atoms with E-state index < -0.39 is 11.6 Å². The predicted molar refractivity (Wildman–Crippen MR) is 127 cm³/mol. The van der Waals surface area contributed by atoms with Crippen LogP contribution in [0.3, 0.4) is 0 Å². The van der Waals surface area contributed by atoms with E-state index in [-0.39, 0.29) is 18.4 Å². The third-order valence-corrected chi connectivity index (χ3v) is 5.66. The van der Waals surface area contributed by atoms with Gasteiger partial charge in [-0.25, -0.2) is 9.78 Å². The lowest BCUT2D eigenvalue weighted by Crippen LogP contribution is -2.41. The Bertz CT molecular complexity index is 954. The molecule has 1 saturated heterocycles. The first-order valence-electron chi connectivity index (χ1n) is 11.1. The summed E-state index contributed by atoms with van der Waals surface area (Å²) in [6.07, 6.45) is 4.66. The van der Waals surface area contributed by atoms with Crippen LogP contribution in [0.25, 0.3) is 0 Å². The van der Waals surface area contributed by atoms with Gasteiger partial charge < -0.3 is 19.6 Å². The summed E-state index contributed by atoms with van der Waals surface area (Å²) in [5.74, 6) is -0.0546. The summed E-state index contributed by atoms with van der Waals surface area (Å²) in [4.78, 5) is 36.4. The van der Waals surface area contributed by atoms with E-state index in [2.05, 4.69) is 4.98 Å². The van der Waals surface area contributed by atoms with Gasteiger partial charge in [0.15, 0.2) is 0 Å². The van der Waals surface area contributed by atoms with Crippen LogP contribution in [0.2, 0.25) is 5.02 Å². The normalized spacial score (nSPS) is 14.7. The average Bonchev–Trinajstić information content (AvgIpc) is 2.77. The van der Waals surface area contributed by atoms with E-state index in [1.54, 1.807) is 17.3 Å². The molecule has 1 N–H and O–H groups in total. The molecule has 9 heteroatoms. The summed E-state index contributed by atoms with van der Waals surface area (Å²) in [5.41, 5.74) is 1.34. The van der Waals surface area contributed by atoms with Crippen molar-refractivity contribution in [3.8, 4) is 0 Å². The standard InChI is InChI=1S/C24H31ClN4O4/c1-24(2,3)33-23(32)28-11-8-18(9-12-28)20-14-26-15-21(27-20)29(13-10-22(30)31)16-17-4-6-19(25)7-5-17/h4-7,14-15,18H,8-13,16H2,1-3H3,(H,30,31). The molecule has 1 aromatic carbocycles. The Kier molecular flexibility index (Phi) is 8.13. The molecule has 0 bridgehead atoms. The third kappa shape index (κ3) is 7.60. The highest BCUT2D eigenvalue weighted by Crippen LogP contribution is 2.28. The van der Waals surface area contributed by atoms with Gasteiger partial charge >= 0.3 is 12.1 Å². The molecule has 0 saturated carbocycles. The molecule has 2 aromatic rings. The van der Waals surface area contributed by atoms with Crippen LogP contribution in [0.5, 0.6) is 0 Å². The van der Waals surface area contributed by atoms with Crippen LogP contribution in [0, 0.1) is 0 Å². The molecule has 0 radical (unpaired) electrons. The van der Waals surface area contributed by atoms with Crippen LogP contribution in [-0.4, -0.2) is 57.3 Å². The summed E-state index contributed by atoms with van der Waals surface area (Å²) in [6, 6.07) is 7.46. The summed E-state index contributed by atoms with van der Waals surface area (Å²) in [7, 11) is 0. The van der Waals surface area contributed by atoms with Gasteiger partial charge in [0.1, 0.15) is 11.4 Å². The Labute approximate surface area is 199 Å². The highest BCUT2D eigenvalue weighted by atomic mass is 35.5. The minimum absolute atomic E-state index is 0.00618. The molecule has 2 heterocycles. The molecule has 3 rings (SSSR count). The number of benzene rings is 1. The number of aromatic nitrogens is 2. The van der Waals surface area contributed by atoms with Gasteiger partial charge in [0.25, 0.3) is 0 Å². The molecular weight excluding hydrogens is 444 g/mol. The molecule has 33 heavy (non-hydrogen) atoms. The van der Waals surface area contributed by atoms with Crippen molar-refractivity contribution in [2.24, 2.45) is 0 Å². The molecule has 1 fully saturated rings. The van der Waals surface area contributed by atoms with Crippen molar-refractivity contribution in [1.29, 1.82) is 0 Å². The monoisotopic (exact) mass is 474 g/mol. The number of rotatable bonds is 7. The third-order valence-electron chi connectivity index (χ3n) is 5.41. The Balaban J connectivity index is 1.70. The summed E-state index contributed by atoms with van der Waals surface area (Å²) >= 11 is 5.99. The highest BCUT2D eigenvalue weighted by Gasteiger charge is 2.28. The number of carboxylic acid groups (broad SMARTS) is 1. The molecule has 1 aromatic heterocycles.